The van der Waals surface area contributed by atoms with Gasteiger partial charge in [0.1, 0.15) is 11.3 Å². The Balaban J connectivity index is 3.20. The number of nitrogens with zero attached hydrogens (tertiary/aromatic N) is 2. The van der Waals surface area contributed by atoms with Gasteiger partial charge in [0.15, 0.2) is 0 Å². The third kappa shape index (κ3) is 3.63. The second-order valence-electron chi connectivity index (χ2n) is 4.48. The van der Waals surface area contributed by atoms with Crippen LogP contribution < -0.4 is 4.90 Å². The number of hydrogen-bond donors (Lipinski definition) is 1. The molecule has 0 bridgehead atoms. The fourth-order valence-corrected chi connectivity index (χ4v) is 2.48. The van der Waals surface area contributed by atoms with E-state index in [0.29, 0.717) is 5.69 Å². The fourth-order valence-electron chi connectivity index (χ4n) is 1.90. The van der Waals surface area contributed by atoms with Crippen molar-refractivity contribution in [2.45, 2.75) is 19.4 Å². The predicted molar refractivity (Wildman–Crippen MR) is 80.9 cm³/mol. The number of benzene rings is 1. The van der Waals surface area contributed by atoms with Crippen molar-refractivity contribution in [3.63, 3.8) is 0 Å². The molecule has 1 aromatic rings. The van der Waals surface area contributed by atoms with E-state index in [4.69, 9.17) is 5.11 Å². The maximum Gasteiger partial charge on any atom is 0.342 e. The molecule has 0 spiro atoms. The average molecular weight is 298 g/mol. The molecule has 7 heteroatoms. The Morgan fingerprint density at radius 3 is 2.70 bits per heavy atom. The van der Waals surface area contributed by atoms with Crippen LogP contribution in [0, 0.1) is 10.1 Å². The van der Waals surface area contributed by atoms with Gasteiger partial charge in [0.05, 0.1) is 4.92 Å². The third-order valence-corrected chi connectivity index (χ3v) is 3.85. The molecule has 6 nitrogen and oxygen atoms in total. The summed E-state index contributed by atoms with van der Waals surface area (Å²) in [5, 5.41) is 20.3. The number of thioether (sulfide) groups is 1. The molecule has 0 heterocycles. The van der Waals surface area contributed by atoms with E-state index in [-0.39, 0.29) is 17.3 Å². The lowest BCUT2D eigenvalue weighted by Gasteiger charge is -2.26. The first-order chi connectivity index (χ1) is 9.40. The molecule has 20 heavy (non-hydrogen) atoms. The maximum atomic E-state index is 11.2. The molecule has 0 aliphatic rings. The summed E-state index contributed by atoms with van der Waals surface area (Å²) in [5.41, 5.74) is -0.293. The molecule has 0 aliphatic carbocycles. The second kappa shape index (κ2) is 7.14. The van der Waals surface area contributed by atoms with Crippen molar-refractivity contribution in [2.24, 2.45) is 0 Å². The molecule has 1 unspecified atom stereocenters. The minimum Gasteiger partial charge on any atom is -0.477 e. The Kier molecular flexibility index (Phi) is 5.82. The molecule has 0 amide bonds. The van der Waals surface area contributed by atoms with Crippen LogP contribution in [0.1, 0.15) is 23.7 Å². The number of hydrogen-bond acceptors (Lipinski definition) is 5. The van der Waals surface area contributed by atoms with Crippen molar-refractivity contribution >= 4 is 29.1 Å². The van der Waals surface area contributed by atoms with Gasteiger partial charge in [0.2, 0.25) is 0 Å². The molecule has 0 aliphatic heterocycles. The Bertz CT molecular complexity index is 507. The Labute approximate surface area is 121 Å². The molecule has 0 fully saturated rings. The number of carboxylic acids is 1. The SMILES string of the molecule is CSCCC(C)N(C)c1cccc(C(=O)O)c1[N+](=O)[O-]. The molecule has 1 atom stereocenters. The maximum absolute atomic E-state index is 11.2. The highest BCUT2D eigenvalue weighted by Crippen LogP contribution is 2.32. The van der Waals surface area contributed by atoms with Gasteiger partial charge in [0.25, 0.3) is 0 Å². The first-order valence-electron chi connectivity index (χ1n) is 6.12. The lowest BCUT2D eigenvalue weighted by molar-refractivity contribution is -0.384. The van der Waals surface area contributed by atoms with Crippen LogP contribution >= 0.6 is 11.8 Å². The van der Waals surface area contributed by atoms with E-state index in [1.54, 1.807) is 29.8 Å². The second-order valence-corrected chi connectivity index (χ2v) is 5.46. The zero-order valence-corrected chi connectivity index (χ0v) is 12.5. The minimum atomic E-state index is -1.29. The van der Waals surface area contributed by atoms with Gasteiger partial charge >= 0.3 is 11.7 Å². The number of carbonyl (C=O) groups is 1. The van der Waals surface area contributed by atoms with Crippen molar-refractivity contribution in [3.8, 4) is 0 Å². The number of para-hydroxylation sites is 1. The summed E-state index contributed by atoms with van der Waals surface area (Å²) in [5.74, 6) is -0.346. The number of carboxylic acid groups (broad SMARTS) is 1. The lowest BCUT2D eigenvalue weighted by Crippen LogP contribution is -2.30. The van der Waals surface area contributed by atoms with Crippen LogP contribution in [-0.4, -0.2) is 41.1 Å². The van der Waals surface area contributed by atoms with Gasteiger partial charge in [-0.2, -0.15) is 11.8 Å². The van der Waals surface area contributed by atoms with E-state index in [0.717, 1.165) is 12.2 Å². The van der Waals surface area contributed by atoms with Crippen molar-refractivity contribution in [1.82, 2.24) is 0 Å². The Hall–Kier alpha value is -1.76. The topological polar surface area (TPSA) is 83.7 Å². The smallest absolute Gasteiger partial charge is 0.342 e. The van der Waals surface area contributed by atoms with Gasteiger partial charge in [-0.15, -0.1) is 0 Å². The van der Waals surface area contributed by atoms with Gasteiger partial charge in [-0.05, 0) is 37.5 Å². The fraction of sp³-hybridized carbons (Fsp3) is 0.462. The van der Waals surface area contributed by atoms with Gasteiger partial charge in [-0.1, -0.05) is 6.07 Å². The monoisotopic (exact) mass is 298 g/mol. The van der Waals surface area contributed by atoms with Crippen LogP contribution in [0.3, 0.4) is 0 Å². The van der Waals surface area contributed by atoms with Crippen molar-refractivity contribution in [2.75, 3.05) is 24.0 Å². The summed E-state index contributed by atoms with van der Waals surface area (Å²) in [6.07, 6.45) is 2.87. The molecule has 1 aromatic carbocycles. The summed E-state index contributed by atoms with van der Waals surface area (Å²) in [4.78, 5) is 23.5. The molecule has 0 aromatic heterocycles. The largest absolute Gasteiger partial charge is 0.477 e. The van der Waals surface area contributed by atoms with E-state index in [2.05, 4.69) is 0 Å². The van der Waals surface area contributed by atoms with E-state index in [1.165, 1.54) is 12.1 Å². The molecular formula is C13H18N2O4S. The van der Waals surface area contributed by atoms with Crippen molar-refractivity contribution in [3.05, 3.63) is 33.9 Å². The van der Waals surface area contributed by atoms with E-state index >= 15 is 0 Å². The van der Waals surface area contributed by atoms with Crippen LogP contribution in [0.4, 0.5) is 11.4 Å². The summed E-state index contributed by atoms with van der Waals surface area (Å²) in [6, 6.07) is 4.46. The van der Waals surface area contributed by atoms with Crippen LogP contribution in [-0.2, 0) is 0 Å². The van der Waals surface area contributed by atoms with E-state index < -0.39 is 10.9 Å². The number of rotatable bonds is 7. The van der Waals surface area contributed by atoms with E-state index in [1.807, 2.05) is 13.2 Å². The third-order valence-electron chi connectivity index (χ3n) is 3.21. The number of anilines is 1. The molecule has 1 rings (SSSR count). The molecule has 1 N–H and O–H groups in total. The van der Waals surface area contributed by atoms with Gasteiger partial charge < -0.3 is 10.0 Å². The number of nitro benzene ring substituents is 1. The normalized spacial score (nSPS) is 11.9. The summed E-state index contributed by atoms with van der Waals surface area (Å²) in [6.45, 7) is 1.97. The molecule has 0 radical (unpaired) electrons. The zero-order chi connectivity index (χ0) is 15.3. The Morgan fingerprint density at radius 1 is 1.55 bits per heavy atom. The van der Waals surface area contributed by atoms with Crippen LogP contribution in [0.15, 0.2) is 18.2 Å². The van der Waals surface area contributed by atoms with Crippen LogP contribution in [0.2, 0.25) is 0 Å². The average Bonchev–Trinajstić information content (AvgIpc) is 2.42. The molecule has 0 saturated heterocycles. The van der Waals surface area contributed by atoms with Gasteiger partial charge in [0, 0.05) is 13.1 Å². The molecular weight excluding hydrogens is 280 g/mol. The minimum absolute atomic E-state index is 0.0881. The molecule has 110 valence electrons. The summed E-state index contributed by atoms with van der Waals surface area (Å²) in [7, 11) is 1.75. The van der Waals surface area contributed by atoms with Gasteiger partial charge in [-0.25, -0.2) is 4.79 Å². The highest BCUT2D eigenvalue weighted by molar-refractivity contribution is 7.98. The summed E-state index contributed by atoms with van der Waals surface area (Å²) >= 11 is 1.71. The van der Waals surface area contributed by atoms with Gasteiger partial charge in [-0.3, -0.25) is 10.1 Å². The van der Waals surface area contributed by atoms with Crippen LogP contribution in [0.25, 0.3) is 0 Å². The first-order valence-corrected chi connectivity index (χ1v) is 7.52. The number of nitro groups is 1. The predicted octanol–water partition coefficient (Wildman–Crippen LogP) is 2.87. The first kappa shape index (κ1) is 16.3. The van der Waals surface area contributed by atoms with Crippen molar-refractivity contribution in [1.29, 1.82) is 0 Å². The highest BCUT2D eigenvalue weighted by atomic mass is 32.2. The Morgan fingerprint density at radius 2 is 2.20 bits per heavy atom. The van der Waals surface area contributed by atoms with Crippen molar-refractivity contribution < 1.29 is 14.8 Å². The lowest BCUT2D eigenvalue weighted by atomic mass is 10.1. The quantitative estimate of drug-likeness (QED) is 0.615. The summed E-state index contributed by atoms with van der Waals surface area (Å²) < 4.78 is 0. The number of aromatic carboxylic acids is 1. The zero-order valence-electron chi connectivity index (χ0n) is 11.7. The van der Waals surface area contributed by atoms with E-state index in [9.17, 15) is 14.9 Å². The highest BCUT2D eigenvalue weighted by Gasteiger charge is 2.27. The molecule has 0 saturated carbocycles. The standard InChI is InChI=1S/C13H18N2O4S/c1-9(7-8-20-3)14(2)11-6-4-5-10(13(16)17)12(11)15(18)19/h4-6,9H,7-8H2,1-3H3,(H,16,17). The van der Waals surface area contributed by atoms with Crippen LogP contribution in [0.5, 0.6) is 0 Å².